The molecule has 1 heterocycles. The van der Waals surface area contributed by atoms with Crippen molar-refractivity contribution in [1.29, 1.82) is 0 Å². The lowest BCUT2D eigenvalue weighted by molar-refractivity contribution is -0.662. The minimum atomic E-state index is -0.0358. The van der Waals surface area contributed by atoms with E-state index in [1.165, 1.54) is 11.1 Å². The lowest BCUT2D eigenvalue weighted by atomic mass is 9.91. The van der Waals surface area contributed by atoms with Gasteiger partial charge in [-0.25, -0.2) is 4.58 Å². The first-order chi connectivity index (χ1) is 7.26. The van der Waals surface area contributed by atoms with E-state index in [1.807, 2.05) is 6.07 Å². The quantitative estimate of drug-likeness (QED) is 0.613. The average Bonchev–Trinajstić information content (AvgIpc) is 2.34. The van der Waals surface area contributed by atoms with Gasteiger partial charge in [0.1, 0.15) is 0 Å². The minimum absolute atomic E-state index is 0. The van der Waals surface area contributed by atoms with Crippen LogP contribution >= 0.6 is 11.6 Å². The normalized spacial score (nSPS) is 17.8. The highest BCUT2D eigenvalue weighted by Crippen LogP contribution is 2.39. The first kappa shape index (κ1) is 14.5. The maximum absolute atomic E-state index is 6.52. The van der Waals surface area contributed by atoms with Crippen LogP contribution in [0.5, 0.6) is 0 Å². The van der Waals surface area contributed by atoms with Gasteiger partial charge in [-0.3, -0.25) is 0 Å². The molecule has 94 valence electrons. The highest BCUT2D eigenvalue weighted by Gasteiger charge is 2.49. The summed E-state index contributed by atoms with van der Waals surface area (Å²) >= 11 is 6.52. The van der Waals surface area contributed by atoms with E-state index in [0.717, 1.165) is 5.17 Å². The second-order valence-electron chi connectivity index (χ2n) is 5.90. The molecule has 0 aliphatic carbocycles. The maximum Gasteiger partial charge on any atom is 0.278 e. The van der Waals surface area contributed by atoms with Crippen molar-refractivity contribution in [1.82, 2.24) is 0 Å². The predicted molar refractivity (Wildman–Crippen MR) is 69.4 cm³/mol. The summed E-state index contributed by atoms with van der Waals surface area (Å²) in [5.41, 5.74) is 2.48. The van der Waals surface area contributed by atoms with Crippen molar-refractivity contribution < 1.29 is 17.0 Å². The smallest absolute Gasteiger partial charge is 0.278 e. The van der Waals surface area contributed by atoms with E-state index >= 15 is 0 Å². The van der Waals surface area contributed by atoms with Crippen molar-refractivity contribution in [2.75, 3.05) is 0 Å². The van der Waals surface area contributed by atoms with E-state index in [4.69, 9.17) is 11.6 Å². The molecule has 0 fully saturated rings. The van der Waals surface area contributed by atoms with Gasteiger partial charge in [0, 0.05) is 19.4 Å². The van der Waals surface area contributed by atoms with Crippen LogP contribution in [0.25, 0.3) is 0 Å². The van der Waals surface area contributed by atoms with Gasteiger partial charge in [-0.15, -0.1) is 0 Å². The Hall–Kier alpha value is -0.530. The summed E-state index contributed by atoms with van der Waals surface area (Å²) in [5, 5.41) is 0.869. The van der Waals surface area contributed by atoms with Gasteiger partial charge in [0.25, 0.3) is 5.17 Å². The molecular weight excluding hydrogens is 253 g/mol. The minimum Gasteiger partial charge on any atom is -1.00 e. The summed E-state index contributed by atoms with van der Waals surface area (Å²) < 4.78 is 2.30. The first-order valence-corrected chi connectivity index (χ1v) is 6.07. The van der Waals surface area contributed by atoms with Crippen LogP contribution in [0.1, 0.15) is 45.7 Å². The molecule has 1 aromatic rings. The van der Waals surface area contributed by atoms with Crippen molar-refractivity contribution >= 4 is 16.8 Å². The summed E-state index contributed by atoms with van der Waals surface area (Å²) in [4.78, 5) is 0. The number of hydrogen-bond donors (Lipinski definition) is 0. The van der Waals surface area contributed by atoms with Crippen molar-refractivity contribution in [3.8, 4) is 0 Å². The summed E-state index contributed by atoms with van der Waals surface area (Å²) in [5.74, 6) is 0. The molecule has 0 saturated carbocycles. The molecule has 1 nitrogen and oxygen atoms in total. The van der Waals surface area contributed by atoms with Crippen molar-refractivity contribution in [3.05, 3.63) is 35.4 Å². The Bertz CT molecular complexity index is 467. The molecule has 1 aliphatic heterocycles. The molecule has 17 heavy (non-hydrogen) atoms. The molecule has 0 unspecified atom stereocenters. The monoisotopic (exact) mass is 271 g/mol. The Morgan fingerprint density at radius 2 is 1.65 bits per heavy atom. The molecule has 0 aromatic heterocycles. The Balaban J connectivity index is 0.00000144. The van der Waals surface area contributed by atoms with Crippen LogP contribution in [0.3, 0.4) is 0 Å². The third-order valence-corrected chi connectivity index (χ3v) is 3.61. The standard InChI is InChI=1S/C14H19ClN.ClH/c1-13(2,3)16-12(15)10-8-6-7-9-11(10)14(16,4)5;/h6-9H,1-5H3;1H/q+1;/p-1. The fourth-order valence-corrected chi connectivity index (χ4v) is 3.45. The highest BCUT2D eigenvalue weighted by molar-refractivity contribution is 6.68. The van der Waals surface area contributed by atoms with Crippen LogP contribution in [-0.4, -0.2) is 15.3 Å². The fraction of sp³-hybridized carbons (Fsp3) is 0.500. The van der Waals surface area contributed by atoms with Crippen LogP contribution in [0.15, 0.2) is 24.3 Å². The van der Waals surface area contributed by atoms with Gasteiger partial charge >= 0.3 is 0 Å². The molecule has 0 saturated heterocycles. The number of fused-ring (bicyclic) bond motifs is 1. The van der Waals surface area contributed by atoms with E-state index in [2.05, 4.69) is 57.4 Å². The zero-order chi connectivity index (χ0) is 12.1. The largest absolute Gasteiger partial charge is 1.00 e. The number of benzene rings is 1. The number of hydrogen-bond acceptors (Lipinski definition) is 0. The first-order valence-electron chi connectivity index (χ1n) is 5.69. The van der Waals surface area contributed by atoms with Crippen molar-refractivity contribution in [2.24, 2.45) is 0 Å². The van der Waals surface area contributed by atoms with Gasteiger partial charge in [0.2, 0.25) is 0 Å². The SMILES string of the molecule is CC(C)(C)[N+]1=C(Cl)c2ccccc2C1(C)C.[Cl-]. The summed E-state index contributed by atoms with van der Waals surface area (Å²) in [6.45, 7) is 11.0. The van der Waals surface area contributed by atoms with Crippen LogP contribution in [0.2, 0.25) is 0 Å². The summed E-state index contributed by atoms with van der Waals surface area (Å²) in [6, 6.07) is 8.40. The number of rotatable bonds is 0. The molecular formula is C14H19Cl2N. The Kier molecular flexibility index (Phi) is 3.67. The second-order valence-corrected chi connectivity index (χ2v) is 6.26. The fourth-order valence-electron chi connectivity index (χ4n) is 2.82. The van der Waals surface area contributed by atoms with E-state index in [-0.39, 0.29) is 23.5 Å². The Morgan fingerprint density at radius 1 is 1.12 bits per heavy atom. The van der Waals surface area contributed by atoms with Gasteiger partial charge in [0.15, 0.2) is 11.1 Å². The zero-order valence-corrected chi connectivity index (χ0v) is 12.5. The predicted octanol–water partition coefficient (Wildman–Crippen LogP) is 0.736. The lowest BCUT2D eigenvalue weighted by Gasteiger charge is -2.27. The molecule has 0 amide bonds. The van der Waals surface area contributed by atoms with Crippen LogP contribution in [0, 0.1) is 0 Å². The molecule has 2 rings (SSSR count). The topological polar surface area (TPSA) is 3.01 Å². The highest BCUT2D eigenvalue weighted by atomic mass is 35.5. The molecule has 1 aromatic carbocycles. The lowest BCUT2D eigenvalue weighted by Crippen LogP contribution is -3.00. The molecule has 0 atom stereocenters. The van der Waals surface area contributed by atoms with Crippen LogP contribution < -0.4 is 12.4 Å². The van der Waals surface area contributed by atoms with E-state index in [9.17, 15) is 0 Å². The van der Waals surface area contributed by atoms with Crippen LogP contribution in [0.4, 0.5) is 0 Å². The molecule has 0 bridgehead atoms. The maximum atomic E-state index is 6.52. The number of halogens is 2. The van der Waals surface area contributed by atoms with Gasteiger partial charge in [-0.05, 0) is 38.4 Å². The third-order valence-electron chi connectivity index (χ3n) is 3.23. The molecule has 0 N–H and O–H groups in total. The Labute approximate surface area is 115 Å². The zero-order valence-electron chi connectivity index (χ0n) is 11.0. The summed E-state index contributed by atoms with van der Waals surface area (Å²) in [6.07, 6.45) is 0. The summed E-state index contributed by atoms with van der Waals surface area (Å²) in [7, 11) is 0. The van der Waals surface area contributed by atoms with Crippen molar-refractivity contribution in [3.63, 3.8) is 0 Å². The third kappa shape index (κ3) is 2.11. The Morgan fingerprint density at radius 3 is 2.12 bits per heavy atom. The van der Waals surface area contributed by atoms with Crippen LogP contribution in [-0.2, 0) is 5.54 Å². The van der Waals surface area contributed by atoms with E-state index < -0.39 is 0 Å². The van der Waals surface area contributed by atoms with Gasteiger partial charge in [0.05, 0.1) is 5.56 Å². The van der Waals surface area contributed by atoms with Crippen molar-refractivity contribution in [2.45, 2.75) is 45.7 Å². The van der Waals surface area contributed by atoms with E-state index in [0.29, 0.717) is 0 Å². The number of nitrogens with zero attached hydrogens (tertiary/aromatic N) is 1. The van der Waals surface area contributed by atoms with E-state index in [1.54, 1.807) is 0 Å². The molecule has 0 spiro atoms. The second kappa shape index (κ2) is 4.29. The average molecular weight is 272 g/mol. The van der Waals surface area contributed by atoms with Gasteiger partial charge in [-0.2, -0.15) is 0 Å². The van der Waals surface area contributed by atoms with Gasteiger partial charge in [-0.1, -0.05) is 18.2 Å². The van der Waals surface area contributed by atoms with Gasteiger partial charge < -0.3 is 12.4 Å². The molecule has 0 radical (unpaired) electrons. The molecule has 3 heteroatoms. The molecule has 1 aliphatic rings.